The van der Waals surface area contributed by atoms with E-state index in [1.165, 1.54) is 57.4 Å². The number of hydrogen-bond acceptors (Lipinski definition) is 3. The molecule has 1 aliphatic heterocycles. The van der Waals surface area contributed by atoms with Crippen molar-refractivity contribution in [2.75, 3.05) is 13.2 Å². The van der Waals surface area contributed by atoms with Gasteiger partial charge in [-0.1, -0.05) is 57.6 Å². The fraction of sp³-hybridized carbons (Fsp3) is 0.622. The van der Waals surface area contributed by atoms with Gasteiger partial charge in [-0.3, -0.25) is 0 Å². The largest absolute Gasteiger partial charge is 0.432 e. The molecule has 2 aromatic carbocycles. The minimum atomic E-state index is -4.81. The second-order valence-electron chi connectivity index (χ2n) is 13.7. The fourth-order valence-electron chi connectivity index (χ4n) is 7.57. The molecular weight excluding hydrogens is 644 g/mol. The first kappa shape index (κ1) is 36.6. The Morgan fingerprint density at radius 3 is 2.00 bits per heavy atom. The molecule has 266 valence electrons. The summed E-state index contributed by atoms with van der Waals surface area (Å²) in [7, 11) is 0. The molecule has 2 saturated carbocycles. The summed E-state index contributed by atoms with van der Waals surface area (Å²) in [6, 6.07) is 5.66. The van der Waals surface area contributed by atoms with E-state index in [9.17, 15) is 22.0 Å². The lowest BCUT2D eigenvalue weighted by molar-refractivity contribution is -0.222. The maximum atomic E-state index is 15.3. The third kappa shape index (κ3) is 9.52. The summed E-state index contributed by atoms with van der Waals surface area (Å²) in [6.07, 6.45) is 1.05. The molecule has 0 atom stereocenters. The van der Waals surface area contributed by atoms with Crippen molar-refractivity contribution in [1.29, 1.82) is 0 Å². The Morgan fingerprint density at radius 2 is 1.42 bits per heavy atom. The molecule has 0 bridgehead atoms. The van der Waals surface area contributed by atoms with Crippen LogP contribution in [0, 0.1) is 41.1 Å². The molecule has 5 rings (SSSR count). The Labute approximate surface area is 277 Å². The van der Waals surface area contributed by atoms with Crippen molar-refractivity contribution in [2.24, 2.45) is 23.7 Å². The Kier molecular flexibility index (Phi) is 12.1. The number of hydrogen-bond donors (Lipinski definition) is 0. The molecule has 1 saturated heterocycles. The van der Waals surface area contributed by atoms with Gasteiger partial charge in [0.2, 0.25) is 0 Å². The second-order valence-corrected chi connectivity index (χ2v) is 13.7. The van der Waals surface area contributed by atoms with E-state index >= 15 is 13.2 Å². The van der Waals surface area contributed by atoms with Gasteiger partial charge >= 0.3 is 12.3 Å². The number of halogens is 8. The molecule has 0 aromatic heterocycles. The highest BCUT2D eigenvalue weighted by Gasteiger charge is 2.45. The van der Waals surface area contributed by atoms with Gasteiger partial charge in [0.25, 0.3) is 0 Å². The molecule has 0 N–H and O–H groups in total. The predicted molar refractivity (Wildman–Crippen MR) is 166 cm³/mol. The lowest BCUT2D eigenvalue weighted by atomic mass is 9.74. The van der Waals surface area contributed by atoms with Crippen LogP contribution in [-0.4, -0.2) is 25.5 Å². The van der Waals surface area contributed by atoms with Crippen molar-refractivity contribution in [3.8, 4) is 5.75 Å². The first-order valence-corrected chi connectivity index (χ1v) is 17.2. The lowest BCUT2D eigenvalue weighted by Crippen LogP contribution is -2.37. The number of ether oxygens (including phenoxy) is 3. The normalized spacial score (nSPS) is 27.4. The average Bonchev–Trinajstić information content (AvgIpc) is 3.04. The van der Waals surface area contributed by atoms with E-state index in [0.717, 1.165) is 5.92 Å². The molecule has 1 heterocycles. The third-order valence-electron chi connectivity index (χ3n) is 10.4. The van der Waals surface area contributed by atoms with Crippen LogP contribution in [0.4, 0.5) is 35.1 Å². The van der Waals surface area contributed by atoms with Crippen LogP contribution in [0.5, 0.6) is 5.75 Å². The Morgan fingerprint density at radius 1 is 0.771 bits per heavy atom. The van der Waals surface area contributed by atoms with Crippen LogP contribution in [0.25, 0.3) is 6.08 Å². The topological polar surface area (TPSA) is 27.7 Å². The smallest absolute Gasteiger partial charge is 0.409 e. The van der Waals surface area contributed by atoms with Crippen molar-refractivity contribution in [2.45, 2.75) is 108 Å². The SMILES string of the molecule is CCCCCC1CCC(C2COC(c3ccc(C4CCC(C(F)(F)Oc5cc(F)c(C=CC(F)(F)F)c(F)c5)CC4)c(F)c3)OC2)CC1. The standard InChI is InChI=1S/C37H44F8O3/c1-2-3-4-5-23-6-8-24(9-7-23)27-21-46-35(47-22-27)26-12-15-30(32(38)18-26)25-10-13-28(14-11-25)37(44,45)48-29-19-33(39)31(34(40)20-29)16-17-36(41,42)43/h12,15-20,23-25,27-28,35H,2-11,13-14,21-22H2,1H3. The average molecular weight is 689 g/mol. The Bertz CT molecular complexity index is 1350. The van der Waals surface area contributed by atoms with Gasteiger partial charge in [0.05, 0.1) is 19.1 Å². The molecule has 0 spiro atoms. The number of benzene rings is 2. The van der Waals surface area contributed by atoms with E-state index in [4.69, 9.17) is 9.47 Å². The molecule has 0 unspecified atom stereocenters. The minimum Gasteiger partial charge on any atom is -0.432 e. The number of rotatable bonds is 11. The first-order valence-electron chi connectivity index (χ1n) is 17.2. The number of unbranched alkanes of at least 4 members (excludes halogenated alkanes) is 2. The zero-order valence-electron chi connectivity index (χ0n) is 27.2. The van der Waals surface area contributed by atoms with Crippen LogP contribution >= 0.6 is 0 Å². The van der Waals surface area contributed by atoms with Gasteiger partial charge < -0.3 is 14.2 Å². The summed E-state index contributed by atoms with van der Waals surface area (Å²) in [5.74, 6) is -4.11. The summed E-state index contributed by atoms with van der Waals surface area (Å²) in [5.41, 5.74) is -0.0346. The minimum absolute atomic E-state index is 0.0346. The van der Waals surface area contributed by atoms with Gasteiger partial charge in [-0.25, -0.2) is 13.2 Å². The van der Waals surface area contributed by atoms with Gasteiger partial charge in [-0.2, -0.15) is 22.0 Å². The van der Waals surface area contributed by atoms with E-state index in [2.05, 4.69) is 11.7 Å². The van der Waals surface area contributed by atoms with E-state index in [1.807, 2.05) is 0 Å². The summed E-state index contributed by atoms with van der Waals surface area (Å²) in [4.78, 5) is 0. The maximum Gasteiger partial charge on any atom is 0.409 e. The zero-order chi connectivity index (χ0) is 34.5. The molecular formula is C37H44F8O3. The monoisotopic (exact) mass is 688 g/mol. The van der Waals surface area contributed by atoms with E-state index in [1.54, 1.807) is 12.1 Å². The van der Waals surface area contributed by atoms with Gasteiger partial charge in [-0.05, 0) is 74.0 Å². The number of allylic oxidation sites excluding steroid dienone is 1. The summed E-state index contributed by atoms with van der Waals surface area (Å²) < 4.78 is 128. The van der Waals surface area contributed by atoms with Gasteiger partial charge in [0.15, 0.2) is 6.29 Å². The van der Waals surface area contributed by atoms with Crippen molar-refractivity contribution in [3.63, 3.8) is 0 Å². The first-order chi connectivity index (χ1) is 22.8. The molecule has 0 radical (unpaired) electrons. The molecule has 3 fully saturated rings. The highest BCUT2D eigenvalue weighted by Crippen LogP contribution is 2.45. The van der Waals surface area contributed by atoms with Crippen LogP contribution in [0.15, 0.2) is 36.4 Å². The third-order valence-corrected chi connectivity index (χ3v) is 10.4. The molecule has 0 amide bonds. The zero-order valence-corrected chi connectivity index (χ0v) is 27.2. The highest BCUT2D eigenvalue weighted by molar-refractivity contribution is 5.53. The molecule has 48 heavy (non-hydrogen) atoms. The van der Waals surface area contributed by atoms with E-state index in [0.29, 0.717) is 48.3 Å². The highest BCUT2D eigenvalue weighted by atomic mass is 19.4. The molecule has 3 aliphatic rings. The lowest BCUT2D eigenvalue weighted by Gasteiger charge is -2.38. The molecule has 2 aromatic rings. The summed E-state index contributed by atoms with van der Waals surface area (Å²) in [6.45, 7) is 3.36. The van der Waals surface area contributed by atoms with Crippen molar-refractivity contribution in [3.05, 3.63) is 70.5 Å². The van der Waals surface area contributed by atoms with Crippen molar-refractivity contribution < 1.29 is 49.3 Å². The van der Waals surface area contributed by atoms with Crippen LogP contribution in [-0.2, 0) is 9.47 Å². The Balaban J connectivity index is 1.10. The number of alkyl halides is 5. The molecule has 2 aliphatic carbocycles. The molecule has 3 nitrogen and oxygen atoms in total. The predicted octanol–water partition coefficient (Wildman–Crippen LogP) is 11.7. The second kappa shape index (κ2) is 15.9. The van der Waals surface area contributed by atoms with E-state index in [-0.39, 0.29) is 43.8 Å². The van der Waals surface area contributed by atoms with Crippen LogP contribution in [0.2, 0.25) is 0 Å². The van der Waals surface area contributed by atoms with Crippen LogP contribution in [0.1, 0.15) is 113 Å². The van der Waals surface area contributed by atoms with Gasteiger partial charge in [-0.15, -0.1) is 0 Å². The quantitative estimate of drug-likeness (QED) is 0.174. The summed E-state index contributed by atoms with van der Waals surface area (Å²) in [5, 5.41) is 0. The summed E-state index contributed by atoms with van der Waals surface area (Å²) >= 11 is 0. The van der Waals surface area contributed by atoms with Crippen LogP contribution in [0.3, 0.4) is 0 Å². The maximum absolute atomic E-state index is 15.3. The fourth-order valence-corrected chi connectivity index (χ4v) is 7.57. The van der Waals surface area contributed by atoms with Gasteiger partial charge in [0.1, 0.15) is 23.2 Å². The van der Waals surface area contributed by atoms with Crippen LogP contribution < -0.4 is 4.74 Å². The van der Waals surface area contributed by atoms with Crippen molar-refractivity contribution >= 4 is 6.08 Å². The Hall–Kier alpha value is -2.66. The van der Waals surface area contributed by atoms with Crippen molar-refractivity contribution in [1.82, 2.24) is 0 Å². The molecule has 11 heteroatoms. The van der Waals surface area contributed by atoms with Gasteiger partial charge in [0, 0.05) is 35.3 Å². The van der Waals surface area contributed by atoms with E-state index < -0.39 is 53.3 Å².